The lowest BCUT2D eigenvalue weighted by Crippen LogP contribution is -2.21. The van der Waals surface area contributed by atoms with Crippen LogP contribution in [0.1, 0.15) is 26.3 Å². The van der Waals surface area contributed by atoms with E-state index in [1.807, 2.05) is 36.4 Å². The molecule has 0 amide bonds. The van der Waals surface area contributed by atoms with E-state index in [4.69, 9.17) is 11.1 Å². The summed E-state index contributed by atoms with van der Waals surface area (Å²) in [5.74, 6) is 0.678. The van der Waals surface area contributed by atoms with Gasteiger partial charge in [-0.3, -0.25) is 9.98 Å². The van der Waals surface area contributed by atoms with Crippen LogP contribution in [-0.2, 0) is 5.41 Å². The summed E-state index contributed by atoms with van der Waals surface area (Å²) in [7, 11) is 0. The van der Waals surface area contributed by atoms with E-state index in [1.165, 1.54) is 5.56 Å². The third-order valence-corrected chi connectivity index (χ3v) is 3.81. The van der Waals surface area contributed by atoms with Crippen LogP contribution in [0.4, 0.5) is 0 Å². The Morgan fingerprint density at radius 2 is 1.68 bits per heavy atom. The lowest BCUT2D eigenvalue weighted by Gasteiger charge is -2.19. The van der Waals surface area contributed by atoms with Gasteiger partial charge in [0.15, 0.2) is 5.96 Å². The van der Waals surface area contributed by atoms with Crippen molar-refractivity contribution in [3.05, 3.63) is 54.1 Å². The molecule has 112 valence electrons. The van der Waals surface area contributed by atoms with Gasteiger partial charge >= 0.3 is 0 Å². The maximum Gasteiger partial charge on any atom is 0.198 e. The first-order chi connectivity index (χ1) is 10.4. The largest absolute Gasteiger partial charge is 0.369 e. The summed E-state index contributed by atoms with van der Waals surface area (Å²) in [5.41, 5.74) is 9.79. The van der Waals surface area contributed by atoms with Crippen LogP contribution < -0.4 is 5.73 Å². The maximum atomic E-state index is 7.87. The molecular formula is C18H20N4. The van der Waals surface area contributed by atoms with E-state index < -0.39 is 0 Å². The van der Waals surface area contributed by atoms with E-state index in [9.17, 15) is 0 Å². The molecule has 0 aliphatic heterocycles. The van der Waals surface area contributed by atoms with Crippen molar-refractivity contribution < 1.29 is 0 Å². The SMILES string of the molecule is CC(C)(C)c1ccc(-c2nc3ccccc3n2C(=N)N)cc1. The van der Waals surface area contributed by atoms with Gasteiger partial charge in [0.05, 0.1) is 11.0 Å². The van der Waals surface area contributed by atoms with Crippen molar-refractivity contribution in [1.82, 2.24) is 9.55 Å². The van der Waals surface area contributed by atoms with Crippen LogP contribution in [-0.4, -0.2) is 15.5 Å². The number of nitrogens with one attached hydrogen (secondary N) is 1. The highest BCUT2D eigenvalue weighted by Gasteiger charge is 2.16. The Kier molecular flexibility index (Phi) is 3.24. The predicted octanol–water partition coefficient (Wildman–Crippen LogP) is 3.74. The van der Waals surface area contributed by atoms with Crippen LogP contribution in [0, 0.1) is 5.41 Å². The van der Waals surface area contributed by atoms with E-state index in [1.54, 1.807) is 4.57 Å². The number of benzene rings is 2. The van der Waals surface area contributed by atoms with Gasteiger partial charge in [0.2, 0.25) is 0 Å². The van der Waals surface area contributed by atoms with Crippen molar-refractivity contribution >= 4 is 17.0 Å². The smallest absolute Gasteiger partial charge is 0.198 e. The third-order valence-electron chi connectivity index (χ3n) is 3.81. The fourth-order valence-corrected chi connectivity index (χ4v) is 2.58. The zero-order chi connectivity index (χ0) is 15.9. The second kappa shape index (κ2) is 4.98. The minimum absolute atomic E-state index is 0.0244. The second-order valence-electron chi connectivity index (χ2n) is 6.47. The average molecular weight is 292 g/mol. The van der Waals surface area contributed by atoms with Crippen molar-refractivity contribution in [2.75, 3.05) is 0 Å². The first-order valence-electron chi connectivity index (χ1n) is 7.31. The number of rotatable bonds is 1. The molecule has 1 aromatic heterocycles. The molecule has 4 heteroatoms. The van der Waals surface area contributed by atoms with Gasteiger partial charge in [-0.15, -0.1) is 0 Å². The summed E-state index contributed by atoms with van der Waals surface area (Å²) in [6.07, 6.45) is 0. The van der Waals surface area contributed by atoms with Gasteiger partial charge in [0.25, 0.3) is 0 Å². The summed E-state index contributed by atoms with van der Waals surface area (Å²) < 4.78 is 1.68. The fourth-order valence-electron chi connectivity index (χ4n) is 2.58. The number of fused-ring (bicyclic) bond motifs is 1. The standard InChI is InChI=1S/C18H20N4/c1-18(2,3)13-10-8-12(9-11-13)16-21-14-6-4-5-7-15(14)22(16)17(19)20/h4-11H,1-3H3,(H3,19,20). The molecule has 3 aromatic rings. The third kappa shape index (κ3) is 2.37. The number of nitrogens with two attached hydrogens (primary N) is 1. The molecule has 3 rings (SSSR count). The van der Waals surface area contributed by atoms with Crippen molar-refractivity contribution in [2.24, 2.45) is 5.73 Å². The number of hydrogen-bond acceptors (Lipinski definition) is 2. The Balaban J connectivity index is 2.18. The van der Waals surface area contributed by atoms with Gasteiger partial charge < -0.3 is 5.73 Å². The van der Waals surface area contributed by atoms with Crippen LogP contribution in [0.15, 0.2) is 48.5 Å². The summed E-state index contributed by atoms with van der Waals surface area (Å²) in [4.78, 5) is 4.64. The topological polar surface area (TPSA) is 67.7 Å². The van der Waals surface area contributed by atoms with Gasteiger partial charge in [-0.2, -0.15) is 0 Å². The number of hydrogen-bond donors (Lipinski definition) is 2. The molecule has 22 heavy (non-hydrogen) atoms. The molecule has 4 nitrogen and oxygen atoms in total. The average Bonchev–Trinajstić information content (AvgIpc) is 2.86. The lowest BCUT2D eigenvalue weighted by atomic mass is 9.87. The van der Waals surface area contributed by atoms with E-state index in [2.05, 4.69) is 37.9 Å². The number of para-hydroxylation sites is 2. The minimum Gasteiger partial charge on any atom is -0.369 e. The first-order valence-corrected chi connectivity index (χ1v) is 7.31. The molecular weight excluding hydrogens is 272 g/mol. The zero-order valence-corrected chi connectivity index (χ0v) is 13.1. The van der Waals surface area contributed by atoms with E-state index in [-0.39, 0.29) is 11.4 Å². The van der Waals surface area contributed by atoms with E-state index in [0.717, 1.165) is 16.6 Å². The Labute approximate surface area is 130 Å². The monoisotopic (exact) mass is 292 g/mol. The molecule has 0 fully saturated rings. The summed E-state index contributed by atoms with van der Waals surface area (Å²) in [6, 6.07) is 16.0. The first kappa shape index (κ1) is 14.3. The fraction of sp³-hybridized carbons (Fsp3) is 0.222. The van der Waals surface area contributed by atoms with Crippen LogP contribution in [0.5, 0.6) is 0 Å². The number of imidazole rings is 1. The minimum atomic E-state index is -0.0244. The van der Waals surface area contributed by atoms with Crippen LogP contribution in [0.25, 0.3) is 22.4 Å². The molecule has 0 atom stereocenters. The Morgan fingerprint density at radius 1 is 1.05 bits per heavy atom. The molecule has 2 aromatic carbocycles. The molecule has 0 saturated heterocycles. The maximum absolute atomic E-state index is 7.87. The normalized spacial score (nSPS) is 11.8. The van der Waals surface area contributed by atoms with Gasteiger partial charge in [-0.25, -0.2) is 4.98 Å². The summed E-state index contributed by atoms with van der Waals surface area (Å²) in [6.45, 7) is 6.56. The molecule has 0 aliphatic carbocycles. The Hall–Kier alpha value is -2.62. The van der Waals surface area contributed by atoms with Crippen molar-refractivity contribution in [3.63, 3.8) is 0 Å². The molecule has 0 spiro atoms. The van der Waals surface area contributed by atoms with Crippen LogP contribution in [0.2, 0.25) is 0 Å². The van der Waals surface area contributed by atoms with E-state index >= 15 is 0 Å². The van der Waals surface area contributed by atoms with Crippen LogP contribution >= 0.6 is 0 Å². The van der Waals surface area contributed by atoms with Crippen molar-refractivity contribution in [3.8, 4) is 11.4 Å². The molecule has 0 saturated carbocycles. The van der Waals surface area contributed by atoms with E-state index in [0.29, 0.717) is 5.82 Å². The number of nitrogens with zero attached hydrogens (tertiary/aromatic N) is 2. The highest BCUT2D eigenvalue weighted by molar-refractivity contribution is 5.94. The molecule has 0 radical (unpaired) electrons. The molecule has 0 unspecified atom stereocenters. The van der Waals surface area contributed by atoms with Gasteiger partial charge in [0.1, 0.15) is 5.82 Å². The molecule has 0 aliphatic rings. The predicted molar refractivity (Wildman–Crippen MR) is 91.2 cm³/mol. The van der Waals surface area contributed by atoms with Crippen molar-refractivity contribution in [2.45, 2.75) is 26.2 Å². The summed E-state index contributed by atoms with van der Waals surface area (Å²) in [5, 5.41) is 7.87. The van der Waals surface area contributed by atoms with Gasteiger partial charge in [-0.1, -0.05) is 57.2 Å². The summed E-state index contributed by atoms with van der Waals surface area (Å²) >= 11 is 0. The molecule has 1 heterocycles. The highest BCUT2D eigenvalue weighted by atomic mass is 15.2. The zero-order valence-electron chi connectivity index (χ0n) is 13.1. The number of nitrogen functional groups attached to an aromatic ring is 1. The van der Waals surface area contributed by atoms with Crippen LogP contribution in [0.3, 0.4) is 0 Å². The van der Waals surface area contributed by atoms with Crippen molar-refractivity contribution in [1.29, 1.82) is 5.41 Å². The van der Waals surface area contributed by atoms with Gasteiger partial charge in [-0.05, 0) is 23.1 Å². The Bertz CT molecular complexity index is 836. The van der Waals surface area contributed by atoms with Gasteiger partial charge in [0, 0.05) is 5.56 Å². The number of aromatic nitrogens is 2. The highest BCUT2D eigenvalue weighted by Crippen LogP contribution is 2.27. The molecule has 3 N–H and O–H groups in total. The second-order valence-corrected chi connectivity index (χ2v) is 6.47. The molecule has 0 bridgehead atoms. The Morgan fingerprint density at radius 3 is 2.27 bits per heavy atom. The quantitative estimate of drug-likeness (QED) is 0.530. The lowest BCUT2D eigenvalue weighted by molar-refractivity contribution is 0.590.